The van der Waals surface area contributed by atoms with Gasteiger partial charge in [0.15, 0.2) is 0 Å². The van der Waals surface area contributed by atoms with Crippen molar-refractivity contribution < 1.29 is 9.59 Å². The highest BCUT2D eigenvalue weighted by molar-refractivity contribution is 6.35. The van der Waals surface area contributed by atoms with E-state index in [1.807, 2.05) is 12.1 Å². The van der Waals surface area contributed by atoms with Crippen LogP contribution in [0.3, 0.4) is 0 Å². The van der Waals surface area contributed by atoms with Gasteiger partial charge in [0.2, 0.25) is 5.91 Å². The fourth-order valence-corrected chi connectivity index (χ4v) is 4.04. The predicted octanol–water partition coefficient (Wildman–Crippen LogP) is 3.32. The Kier molecular flexibility index (Phi) is 5.76. The third-order valence-corrected chi connectivity index (χ3v) is 5.50. The van der Waals surface area contributed by atoms with E-state index >= 15 is 0 Å². The molecular weight excluding hydrogens is 390 g/mol. The van der Waals surface area contributed by atoms with E-state index in [2.05, 4.69) is 31.7 Å². The van der Waals surface area contributed by atoms with Crippen LogP contribution >= 0.6 is 11.6 Å². The molecule has 1 aromatic carbocycles. The van der Waals surface area contributed by atoms with Crippen LogP contribution in [0, 0.1) is 0 Å². The van der Waals surface area contributed by atoms with E-state index in [1.165, 1.54) is 24.2 Å². The number of nitrogens with one attached hydrogen (secondary N) is 3. The Hall–Kier alpha value is -2.93. The van der Waals surface area contributed by atoms with Crippen LogP contribution in [0.4, 0.5) is 0 Å². The smallest absolute Gasteiger partial charge is 0.271 e. The van der Waals surface area contributed by atoms with Crippen molar-refractivity contribution in [2.75, 3.05) is 6.54 Å². The standard InChI is InChI=1S/C21H22ClN5O2/c22-15-6-1-4-13-14-5-2-7-16(20(14)27-19(13)15)26-18(28)8-3-9-25-21(29)17-12-23-10-11-24-17/h1,4,6,10-12,16,27H,2-3,5,7-9H2,(H,25,29)(H,26,28). The lowest BCUT2D eigenvalue weighted by atomic mass is 9.91. The van der Waals surface area contributed by atoms with Gasteiger partial charge in [0.25, 0.3) is 5.91 Å². The normalized spacial score (nSPS) is 15.7. The number of aromatic amines is 1. The number of carbonyl (C=O) groups is 2. The number of para-hydroxylation sites is 1. The molecule has 3 aromatic rings. The molecule has 1 aliphatic rings. The molecule has 0 saturated heterocycles. The topological polar surface area (TPSA) is 99.8 Å². The second kappa shape index (κ2) is 8.61. The molecule has 2 aromatic heterocycles. The highest BCUT2D eigenvalue weighted by Crippen LogP contribution is 2.36. The van der Waals surface area contributed by atoms with E-state index in [9.17, 15) is 9.59 Å². The monoisotopic (exact) mass is 411 g/mol. The lowest BCUT2D eigenvalue weighted by Crippen LogP contribution is -2.32. The van der Waals surface area contributed by atoms with E-state index in [0.29, 0.717) is 24.4 Å². The third-order valence-electron chi connectivity index (χ3n) is 5.19. The maximum Gasteiger partial charge on any atom is 0.271 e. The quantitative estimate of drug-likeness (QED) is 0.542. The third kappa shape index (κ3) is 4.24. The van der Waals surface area contributed by atoms with Gasteiger partial charge in [0.1, 0.15) is 5.69 Å². The fraction of sp³-hybridized carbons (Fsp3) is 0.333. The average molecular weight is 412 g/mol. The number of aryl methyl sites for hydroxylation is 1. The van der Waals surface area contributed by atoms with E-state index < -0.39 is 0 Å². The van der Waals surface area contributed by atoms with Crippen LogP contribution < -0.4 is 10.6 Å². The molecule has 2 heterocycles. The molecule has 4 rings (SSSR count). The number of hydrogen-bond donors (Lipinski definition) is 3. The number of halogens is 1. The van der Waals surface area contributed by atoms with Crippen molar-refractivity contribution in [1.29, 1.82) is 0 Å². The second-order valence-corrected chi connectivity index (χ2v) is 7.55. The zero-order valence-electron chi connectivity index (χ0n) is 15.9. The summed E-state index contributed by atoms with van der Waals surface area (Å²) in [6.45, 7) is 0.404. The first-order valence-corrected chi connectivity index (χ1v) is 10.1. The largest absolute Gasteiger partial charge is 0.355 e. The zero-order chi connectivity index (χ0) is 20.2. The van der Waals surface area contributed by atoms with Crippen molar-refractivity contribution >= 4 is 34.3 Å². The van der Waals surface area contributed by atoms with Gasteiger partial charge in [-0.25, -0.2) is 4.98 Å². The lowest BCUT2D eigenvalue weighted by molar-refractivity contribution is -0.122. The van der Waals surface area contributed by atoms with Crippen molar-refractivity contribution in [3.05, 3.63) is 58.8 Å². The van der Waals surface area contributed by atoms with E-state index in [-0.39, 0.29) is 23.6 Å². The Labute approximate surface area is 173 Å². The molecule has 8 heteroatoms. The molecule has 1 unspecified atom stereocenters. The highest BCUT2D eigenvalue weighted by atomic mass is 35.5. The number of H-pyrrole nitrogens is 1. The summed E-state index contributed by atoms with van der Waals surface area (Å²) in [5.41, 5.74) is 3.51. The first-order chi connectivity index (χ1) is 14.1. The molecule has 1 aliphatic carbocycles. The maximum atomic E-state index is 12.4. The molecule has 29 heavy (non-hydrogen) atoms. The number of nitrogens with zero attached hydrogens (tertiary/aromatic N) is 2. The average Bonchev–Trinajstić information content (AvgIpc) is 3.13. The molecule has 2 amide bonds. The van der Waals surface area contributed by atoms with Gasteiger partial charge in [0, 0.05) is 36.4 Å². The van der Waals surface area contributed by atoms with E-state index in [0.717, 1.165) is 35.9 Å². The molecule has 7 nitrogen and oxygen atoms in total. The molecular formula is C21H22ClN5O2. The summed E-state index contributed by atoms with van der Waals surface area (Å²) >= 11 is 6.32. The second-order valence-electron chi connectivity index (χ2n) is 7.14. The van der Waals surface area contributed by atoms with Crippen LogP contribution in [0.2, 0.25) is 5.02 Å². The molecule has 3 N–H and O–H groups in total. The number of benzene rings is 1. The van der Waals surface area contributed by atoms with Crippen LogP contribution in [0.1, 0.15) is 53.5 Å². The highest BCUT2D eigenvalue weighted by Gasteiger charge is 2.26. The molecule has 0 bridgehead atoms. The van der Waals surface area contributed by atoms with Crippen molar-refractivity contribution in [3.63, 3.8) is 0 Å². The number of aromatic nitrogens is 3. The SMILES string of the molecule is O=C(CCCNC(=O)c1cnccn1)NC1CCCc2c1[nH]c1c(Cl)cccc21. The molecule has 0 radical (unpaired) electrons. The first-order valence-electron chi connectivity index (χ1n) is 9.76. The number of hydrogen-bond acceptors (Lipinski definition) is 4. The summed E-state index contributed by atoms with van der Waals surface area (Å²) in [7, 11) is 0. The predicted molar refractivity (Wildman–Crippen MR) is 111 cm³/mol. The van der Waals surface area contributed by atoms with Crippen LogP contribution in [0.5, 0.6) is 0 Å². The van der Waals surface area contributed by atoms with Crippen molar-refractivity contribution in [1.82, 2.24) is 25.6 Å². The Morgan fingerprint density at radius 2 is 2.17 bits per heavy atom. The molecule has 1 atom stereocenters. The minimum atomic E-state index is -0.287. The number of rotatable bonds is 6. The molecule has 0 fully saturated rings. The Balaban J connectivity index is 1.31. The van der Waals surface area contributed by atoms with Crippen LogP contribution in [-0.2, 0) is 11.2 Å². The van der Waals surface area contributed by atoms with Gasteiger partial charge >= 0.3 is 0 Å². The van der Waals surface area contributed by atoms with Gasteiger partial charge in [-0.05, 0) is 37.3 Å². The minimum Gasteiger partial charge on any atom is -0.355 e. The molecule has 0 spiro atoms. The summed E-state index contributed by atoms with van der Waals surface area (Å²) < 4.78 is 0. The van der Waals surface area contributed by atoms with Crippen molar-refractivity contribution in [2.24, 2.45) is 0 Å². The van der Waals surface area contributed by atoms with Gasteiger partial charge in [0.05, 0.1) is 22.8 Å². The van der Waals surface area contributed by atoms with Gasteiger partial charge in [-0.3, -0.25) is 14.6 Å². The number of carbonyl (C=O) groups excluding carboxylic acids is 2. The van der Waals surface area contributed by atoms with Crippen molar-refractivity contribution in [2.45, 2.75) is 38.1 Å². The maximum absolute atomic E-state index is 12.4. The summed E-state index contributed by atoms with van der Waals surface area (Å²) in [4.78, 5) is 35.6. The van der Waals surface area contributed by atoms with E-state index in [1.54, 1.807) is 0 Å². The van der Waals surface area contributed by atoms with Crippen LogP contribution in [-0.4, -0.2) is 33.3 Å². The lowest BCUT2D eigenvalue weighted by Gasteiger charge is -2.24. The number of fused-ring (bicyclic) bond motifs is 3. The molecule has 0 aliphatic heterocycles. The summed E-state index contributed by atoms with van der Waals surface area (Å²) in [6, 6.07) is 5.86. The Bertz CT molecular complexity index is 1030. The first kappa shape index (κ1) is 19.4. The minimum absolute atomic E-state index is 0.0265. The summed E-state index contributed by atoms with van der Waals surface area (Å²) in [6.07, 6.45) is 8.18. The summed E-state index contributed by atoms with van der Waals surface area (Å²) in [5, 5.41) is 7.71. The molecule has 150 valence electrons. The van der Waals surface area contributed by atoms with Crippen LogP contribution in [0.25, 0.3) is 10.9 Å². The van der Waals surface area contributed by atoms with Gasteiger partial charge in [-0.1, -0.05) is 23.7 Å². The van der Waals surface area contributed by atoms with E-state index in [4.69, 9.17) is 11.6 Å². The zero-order valence-corrected chi connectivity index (χ0v) is 16.6. The Morgan fingerprint density at radius 3 is 3.00 bits per heavy atom. The van der Waals surface area contributed by atoms with Gasteiger partial charge in [-0.2, -0.15) is 0 Å². The van der Waals surface area contributed by atoms with Crippen molar-refractivity contribution in [3.8, 4) is 0 Å². The number of amides is 2. The summed E-state index contributed by atoms with van der Waals surface area (Å²) in [5.74, 6) is -0.313. The van der Waals surface area contributed by atoms with Gasteiger partial charge in [-0.15, -0.1) is 0 Å². The Morgan fingerprint density at radius 1 is 1.28 bits per heavy atom. The van der Waals surface area contributed by atoms with Gasteiger partial charge < -0.3 is 15.6 Å². The molecule has 0 saturated carbocycles. The fourth-order valence-electron chi connectivity index (χ4n) is 3.82. The van der Waals surface area contributed by atoms with Crippen LogP contribution in [0.15, 0.2) is 36.8 Å².